The maximum atomic E-state index is 13.0. The molecule has 1 aliphatic heterocycles. The number of ether oxygens (including phenoxy) is 3. The lowest BCUT2D eigenvalue weighted by Crippen LogP contribution is -2.44. The van der Waals surface area contributed by atoms with E-state index in [9.17, 15) is 4.79 Å². The third kappa shape index (κ3) is 4.19. The number of rotatable bonds is 6. The van der Waals surface area contributed by atoms with Crippen molar-refractivity contribution in [2.24, 2.45) is 0 Å². The number of nitrogens with one attached hydrogen (secondary N) is 1. The number of aromatic amines is 1. The van der Waals surface area contributed by atoms with Crippen molar-refractivity contribution in [3.05, 3.63) is 48.4 Å². The Morgan fingerprint density at radius 1 is 1.13 bits per heavy atom. The number of likely N-dealkylation sites (tertiary alicyclic amines) is 1. The fourth-order valence-electron chi connectivity index (χ4n) is 3.44. The highest BCUT2D eigenvalue weighted by molar-refractivity contribution is 5.93. The summed E-state index contributed by atoms with van der Waals surface area (Å²) < 4.78 is 16.4. The van der Waals surface area contributed by atoms with Crippen LogP contribution < -0.4 is 14.2 Å². The van der Waals surface area contributed by atoms with Gasteiger partial charge in [-0.05, 0) is 31.0 Å². The predicted molar refractivity (Wildman–Crippen MR) is 109 cm³/mol. The number of nitrogens with zero attached hydrogens (tertiary/aromatic N) is 4. The molecule has 4 rings (SSSR count). The first-order valence-corrected chi connectivity index (χ1v) is 9.68. The van der Waals surface area contributed by atoms with Gasteiger partial charge in [0.2, 0.25) is 0 Å². The molecule has 2 aromatic heterocycles. The van der Waals surface area contributed by atoms with E-state index in [1.807, 2.05) is 24.3 Å². The largest absolute Gasteiger partial charge is 0.497 e. The van der Waals surface area contributed by atoms with Crippen molar-refractivity contribution in [2.45, 2.75) is 18.9 Å². The first-order valence-electron chi connectivity index (χ1n) is 9.68. The maximum Gasteiger partial charge on any atom is 0.278 e. The van der Waals surface area contributed by atoms with Crippen LogP contribution in [0, 0.1) is 0 Å². The molecule has 1 fully saturated rings. The van der Waals surface area contributed by atoms with Crippen molar-refractivity contribution in [3.8, 4) is 28.8 Å². The van der Waals surface area contributed by atoms with Crippen molar-refractivity contribution in [2.75, 3.05) is 27.3 Å². The van der Waals surface area contributed by atoms with Crippen molar-refractivity contribution in [3.63, 3.8) is 0 Å². The van der Waals surface area contributed by atoms with E-state index in [0.717, 1.165) is 24.2 Å². The molecule has 1 saturated heterocycles. The lowest BCUT2D eigenvalue weighted by molar-refractivity contribution is 0.0514. The molecule has 156 valence electrons. The third-order valence-corrected chi connectivity index (χ3v) is 4.94. The van der Waals surface area contributed by atoms with Gasteiger partial charge in [0, 0.05) is 24.5 Å². The molecule has 1 aromatic carbocycles. The van der Waals surface area contributed by atoms with E-state index in [1.165, 1.54) is 7.11 Å². The molecule has 30 heavy (non-hydrogen) atoms. The first-order chi connectivity index (χ1) is 14.7. The smallest absolute Gasteiger partial charge is 0.278 e. The van der Waals surface area contributed by atoms with E-state index in [0.29, 0.717) is 36.2 Å². The van der Waals surface area contributed by atoms with Crippen LogP contribution in [-0.4, -0.2) is 64.4 Å². The van der Waals surface area contributed by atoms with Crippen LogP contribution in [0.4, 0.5) is 0 Å². The Hall–Kier alpha value is -3.62. The van der Waals surface area contributed by atoms with E-state index in [-0.39, 0.29) is 12.0 Å². The van der Waals surface area contributed by atoms with Crippen LogP contribution in [0.5, 0.6) is 17.5 Å². The Kier molecular flexibility index (Phi) is 5.78. The van der Waals surface area contributed by atoms with Gasteiger partial charge in [0.1, 0.15) is 17.5 Å². The molecule has 9 heteroatoms. The van der Waals surface area contributed by atoms with Gasteiger partial charge in [-0.15, -0.1) is 0 Å². The molecule has 0 aliphatic carbocycles. The summed E-state index contributed by atoms with van der Waals surface area (Å²) >= 11 is 0. The third-order valence-electron chi connectivity index (χ3n) is 4.94. The van der Waals surface area contributed by atoms with Crippen LogP contribution in [0.2, 0.25) is 0 Å². The summed E-state index contributed by atoms with van der Waals surface area (Å²) in [6.07, 6.45) is 4.56. The topological polar surface area (TPSA) is 102 Å². The monoisotopic (exact) mass is 409 g/mol. The fourth-order valence-corrected chi connectivity index (χ4v) is 3.44. The van der Waals surface area contributed by atoms with Gasteiger partial charge in [0.25, 0.3) is 17.7 Å². The van der Waals surface area contributed by atoms with Crippen molar-refractivity contribution in [1.29, 1.82) is 0 Å². The molecule has 0 saturated carbocycles. The number of benzene rings is 1. The molecule has 0 spiro atoms. The van der Waals surface area contributed by atoms with E-state index >= 15 is 0 Å². The normalized spacial score (nSPS) is 16.2. The molecule has 1 unspecified atom stereocenters. The second-order valence-corrected chi connectivity index (χ2v) is 6.90. The number of carbonyl (C=O) groups is 1. The van der Waals surface area contributed by atoms with Crippen LogP contribution in [0.1, 0.15) is 23.3 Å². The minimum atomic E-state index is -0.186. The molecule has 1 N–H and O–H groups in total. The summed E-state index contributed by atoms with van der Waals surface area (Å²) in [5.41, 5.74) is 2.00. The van der Waals surface area contributed by atoms with E-state index in [2.05, 4.69) is 20.2 Å². The molecular weight excluding hydrogens is 386 g/mol. The second-order valence-electron chi connectivity index (χ2n) is 6.90. The van der Waals surface area contributed by atoms with Crippen LogP contribution in [0.3, 0.4) is 0 Å². The summed E-state index contributed by atoms with van der Waals surface area (Å²) in [4.78, 5) is 23.1. The van der Waals surface area contributed by atoms with Gasteiger partial charge in [-0.25, -0.2) is 9.97 Å². The SMILES string of the molecule is COc1cccc(-c2cc(C(=O)N3CCCC(Oc4nccnc4OC)C3)[nH]n2)c1. The zero-order valence-corrected chi connectivity index (χ0v) is 16.9. The van der Waals surface area contributed by atoms with Gasteiger partial charge in [0.15, 0.2) is 0 Å². The molecule has 3 heterocycles. The molecule has 9 nitrogen and oxygen atoms in total. The van der Waals surface area contributed by atoms with Crippen molar-refractivity contribution < 1.29 is 19.0 Å². The minimum Gasteiger partial charge on any atom is -0.497 e. The van der Waals surface area contributed by atoms with Crippen LogP contribution in [-0.2, 0) is 0 Å². The summed E-state index contributed by atoms with van der Waals surface area (Å²) in [6, 6.07) is 9.31. The van der Waals surface area contributed by atoms with Gasteiger partial charge >= 0.3 is 0 Å². The quantitative estimate of drug-likeness (QED) is 0.667. The van der Waals surface area contributed by atoms with Crippen molar-refractivity contribution in [1.82, 2.24) is 25.1 Å². The molecule has 1 aliphatic rings. The van der Waals surface area contributed by atoms with Gasteiger partial charge in [-0.1, -0.05) is 12.1 Å². The average molecular weight is 409 g/mol. The number of methoxy groups -OCH3 is 2. The number of aromatic nitrogens is 4. The standard InChI is InChI=1S/C21H23N5O4/c1-28-15-6-3-5-14(11-15)17-12-18(25-24-17)21(27)26-10-4-7-16(13-26)30-20-19(29-2)22-8-9-23-20/h3,5-6,8-9,11-12,16H,4,7,10,13H2,1-2H3,(H,24,25). The van der Waals surface area contributed by atoms with E-state index in [1.54, 1.807) is 30.5 Å². The molecule has 0 bridgehead atoms. The zero-order valence-electron chi connectivity index (χ0n) is 16.9. The Bertz CT molecular complexity index is 1020. The minimum absolute atomic E-state index is 0.115. The lowest BCUT2D eigenvalue weighted by Gasteiger charge is -2.32. The number of hydrogen-bond donors (Lipinski definition) is 1. The maximum absolute atomic E-state index is 13.0. The molecule has 1 atom stereocenters. The van der Waals surface area contributed by atoms with Crippen molar-refractivity contribution >= 4 is 5.91 Å². The highest BCUT2D eigenvalue weighted by Gasteiger charge is 2.28. The Balaban J connectivity index is 1.45. The second kappa shape index (κ2) is 8.81. The number of hydrogen-bond acceptors (Lipinski definition) is 7. The number of piperidine rings is 1. The molecule has 0 radical (unpaired) electrons. The predicted octanol–water partition coefficient (Wildman–Crippen LogP) is 2.57. The summed E-state index contributed by atoms with van der Waals surface area (Å²) in [5.74, 6) is 1.29. The fraction of sp³-hybridized carbons (Fsp3) is 0.333. The van der Waals surface area contributed by atoms with Gasteiger partial charge in [-0.3, -0.25) is 9.89 Å². The Morgan fingerprint density at radius 2 is 1.97 bits per heavy atom. The summed E-state index contributed by atoms with van der Waals surface area (Å²) in [6.45, 7) is 1.11. The van der Waals surface area contributed by atoms with Crippen LogP contribution in [0.15, 0.2) is 42.7 Å². The Labute approximate surface area is 174 Å². The van der Waals surface area contributed by atoms with E-state index in [4.69, 9.17) is 14.2 Å². The first kappa shape index (κ1) is 19.7. The van der Waals surface area contributed by atoms with Gasteiger partial charge < -0.3 is 19.1 Å². The van der Waals surface area contributed by atoms with E-state index < -0.39 is 0 Å². The van der Waals surface area contributed by atoms with Crippen LogP contribution in [0.25, 0.3) is 11.3 Å². The lowest BCUT2D eigenvalue weighted by atomic mass is 10.1. The summed E-state index contributed by atoms with van der Waals surface area (Å²) in [7, 11) is 3.13. The summed E-state index contributed by atoms with van der Waals surface area (Å²) in [5, 5.41) is 7.15. The molecule has 1 amide bonds. The van der Waals surface area contributed by atoms with Gasteiger partial charge in [-0.2, -0.15) is 5.10 Å². The van der Waals surface area contributed by atoms with Crippen LogP contribution >= 0.6 is 0 Å². The molecule has 3 aromatic rings. The average Bonchev–Trinajstić information content (AvgIpc) is 3.29. The molecular formula is C21H23N5O4. The van der Waals surface area contributed by atoms with Gasteiger partial charge in [0.05, 0.1) is 26.5 Å². The zero-order chi connectivity index (χ0) is 20.9. The number of carbonyl (C=O) groups excluding carboxylic acids is 1. The highest BCUT2D eigenvalue weighted by atomic mass is 16.5. The Morgan fingerprint density at radius 3 is 2.77 bits per heavy atom. The highest BCUT2D eigenvalue weighted by Crippen LogP contribution is 2.26. The number of amides is 1. The number of H-pyrrole nitrogens is 1.